The van der Waals surface area contributed by atoms with Crippen LogP contribution in [0.15, 0.2) is 12.1 Å². The lowest BCUT2D eigenvalue weighted by atomic mass is 10.2. The second-order valence-electron chi connectivity index (χ2n) is 3.23. The van der Waals surface area contributed by atoms with Gasteiger partial charge >= 0.3 is 0 Å². The Hall–Kier alpha value is -1.00. The summed E-state index contributed by atoms with van der Waals surface area (Å²) in [4.78, 5) is 4.46. The first-order valence-electron chi connectivity index (χ1n) is 4.53. The van der Waals surface area contributed by atoms with Crippen molar-refractivity contribution in [2.75, 3.05) is 0 Å². The average molecular weight is 240 g/mol. The molecule has 0 N–H and O–H groups in total. The zero-order valence-electron chi connectivity index (χ0n) is 8.49. The van der Waals surface area contributed by atoms with Crippen LogP contribution >= 0.6 is 22.9 Å². The van der Waals surface area contributed by atoms with Gasteiger partial charge in [0.05, 0.1) is 5.88 Å². The lowest BCUT2D eigenvalue weighted by Gasteiger charge is -2.00. The fourth-order valence-electron chi connectivity index (χ4n) is 1.16. The van der Waals surface area contributed by atoms with E-state index in [9.17, 15) is 0 Å². The normalized spacial score (nSPS) is 10.6. The van der Waals surface area contributed by atoms with Crippen LogP contribution in [0.4, 0.5) is 0 Å². The van der Waals surface area contributed by atoms with E-state index in [0.29, 0.717) is 5.88 Å². The van der Waals surface area contributed by atoms with Crippen LogP contribution in [0.25, 0.3) is 10.7 Å². The molecule has 0 saturated heterocycles. The summed E-state index contributed by atoms with van der Waals surface area (Å²) in [5, 5.41) is 9.66. The molecule has 3 nitrogen and oxygen atoms in total. The molecule has 0 atom stereocenters. The molecule has 0 fully saturated rings. The van der Waals surface area contributed by atoms with Crippen molar-refractivity contribution in [1.82, 2.24) is 15.2 Å². The van der Waals surface area contributed by atoms with Gasteiger partial charge in [0.15, 0.2) is 5.01 Å². The minimum absolute atomic E-state index is 0.405. The largest absolute Gasteiger partial charge is 0.250 e. The highest BCUT2D eigenvalue weighted by atomic mass is 35.5. The van der Waals surface area contributed by atoms with E-state index in [1.807, 2.05) is 26.0 Å². The lowest BCUT2D eigenvalue weighted by molar-refractivity contribution is 1.03. The maximum atomic E-state index is 5.67. The van der Waals surface area contributed by atoms with Crippen LogP contribution in [0.5, 0.6) is 0 Å². The van der Waals surface area contributed by atoms with E-state index in [-0.39, 0.29) is 0 Å². The highest BCUT2D eigenvalue weighted by Crippen LogP contribution is 2.23. The van der Waals surface area contributed by atoms with E-state index >= 15 is 0 Å². The Kier molecular flexibility index (Phi) is 2.98. The number of pyridine rings is 1. The third-order valence-electron chi connectivity index (χ3n) is 2.15. The van der Waals surface area contributed by atoms with E-state index in [0.717, 1.165) is 21.4 Å². The van der Waals surface area contributed by atoms with Gasteiger partial charge in [-0.1, -0.05) is 17.4 Å². The van der Waals surface area contributed by atoms with E-state index < -0.39 is 0 Å². The Bertz CT molecular complexity index is 481. The van der Waals surface area contributed by atoms with Crippen molar-refractivity contribution in [3.8, 4) is 10.7 Å². The Morgan fingerprint density at radius 2 is 2.07 bits per heavy atom. The van der Waals surface area contributed by atoms with Gasteiger partial charge in [0, 0.05) is 5.69 Å². The number of hydrogen-bond acceptors (Lipinski definition) is 4. The maximum Gasteiger partial charge on any atom is 0.166 e. The molecule has 0 aliphatic carbocycles. The third-order valence-corrected chi connectivity index (χ3v) is 3.51. The van der Waals surface area contributed by atoms with Crippen LogP contribution in [-0.2, 0) is 5.88 Å². The van der Waals surface area contributed by atoms with Gasteiger partial charge in [-0.15, -0.1) is 21.8 Å². The van der Waals surface area contributed by atoms with Crippen molar-refractivity contribution in [3.05, 3.63) is 28.4 Å². The molecule has 78 valence electrons. The molecule has 2 aromatic rings. The summed E-state index contributed by atoms with van der Waals surface area (Å²) in [7, 11) is 0. The first-order valence-corrected chi connectivity index (χ1v) is 5.89. The monoisotopic (exact) mass is 239 g/mol. The van der Waals surface area contributed by atoms with Crippen LogP contribution in [0.3, 0.4) is 0 Å². The molecule has 0 amide bonds. The average Bonchev–Trinajstić information content (AvgIpc) is 2.70. The standard InChI is InChI=1S/C10H10ClN3S/c1-6-3-4-8(12-7(6)2)10-14-13-9(5-11)15-10/h3-4H,5H2,1-2H3. The number of aryl methyl sites for hydroxylation is 2. The fraction of sp³-hybridized carbons (Fsp3) is 0.300. The first kappa shape index (κ1) is 10.5. The highest BCUT2D eigenvalue weighted by molar-refractivity contribution is 7.14. The van der Waals surface area contributed by atoms with Gasteiger partial charge in [-0.2, -0.15) is 0 Å². The van der Waals surface area contributed by atoms with Gasteiger partial charge in [0.1, 0.15) is 10.7 Å². The van der Waals surface area contributed by atoms with Crippen molar-refractivity contribution >= 4 is 22.9 Å². The molecule has 2 heterocycles. The van der Waals surface area contributed by atoms with Gasteiger partial charge < -0.3 is 0 Å². The van der Waals surface area contributed by atoms with Crippen molar-refractivity contribution < 1.29 is 0 Å². The van der Waals surface area contributed by atoms with Crippen LogP contribution in [0, 0.1) is 13.8 Å². The molecule has 0 bridgehead atoms. The van der Waals surface area contributed by atoms with Crippen molar-refractivity contribution in [2.24, 2.45) is 0 Å². The van der Waals surface area contributed by atoms with Crippen LogP contribution in [0.1, 0.15) is 16.3 Å². The number of alkyl halides is 1. The van der Waals surface area contributed by atoms with Crippen LogP contribution < -0.4 is 0 Å². The molecular formula is C10H10ClN3S. The molecule has 2 rings (SSSR count). The lowest BCUT2D eigenvalue weighted by Crippen LogP contribution is -1.89. The Morgan fingerprint density at radius 3 is 2.67 bits per heavy atom. The van der Waals surface area contributed by atoms with Gasteiger partial charge in [-0.3, -0.25) is 4.98 Å². The SMILES string of the molecule is Cc1ccc(-c2nnc(CCl)s2)nc1C. The molecule has 0 aliphatic rings. The van der Waals surface area contributed by atoms with E-state index in [4.69, 9.17) is 11.6 Å². The molecule has 0 radical (unpaired) electrons. The topological polar surface area (TPSA) is 38.7 Å². The summed E-state index contributed by atoms with van der Waals surface area (Å²) in [5.41, 5.74) is 3.07. The summed E-state index contributed by atoms with van der Waals surface area (Å²) in [6.45, 7) is 4.03. The summed E-state index contributed by atoms with van der Waals surface area (Å²) in [5.74, 6) is 0.405. The third kappa shape index (κ3) is 2.16. The molecule has 15 heavy (non-hydrogen) atoms. The minimum Gasteiger partial charge on any atom is -0.250 e. The Labute approximate surface area is 97.2 Å². The molecule has 0 aliphatic heterocycles. The molecule has 0 unspecified atom stereocenters. The quantitative estimate of drug-likeness (QED) is 0.757. The van der Waals surface area contributed by atoms with E-state index in [1.165, 1.54) is 16.9 Å². The number of nitrogens with zero attached hydrogens (tertiary/aromatic N) is 3. The van der Waals surface area contributed by atoms with Gasteiger partial charge in [-0.25, -0.2) is 0 Å². The summed E-state index contributed by atoms with van der Waals surface area (Å²) >= 11 is 7.16. The van der Waals surface area contributed by atoms with Crippen molar-refractivity contribution in [2.45, 2.75) is 19.7 Å². The summed E-state index contributed by atoms with van der Waals surface area (Å²) < 4.78 is 0. The Balaban J connectivity index is 2.40. The van der Waals surface area contributed by atoms with Gasteiger partial charge in [0.25, 0.3) is 0 Å². The Morgan fingerprint density at radius 1 is 1.27 bits per heavy atom. The number of aromatic nitrogens is 3. The molecule has 0 aromatic carbocycles. The number of hydrogen-bond donors (Lipinski definition) is 0. The molecule has 2 aromatic heterocycles. The summed E-state index contributed by atoms with van der Waals surface area (Å²) in [6.07, 6.45) is 0. The van der Waals surface area contributed by atoms with E-state index in [1.54, 1.807) is 0 Å². The zero-order chi connectivity index (χ0) is 10.8. The van der Waals surface area contributed by atoms with Crippen molar-refractivity contribution in [3.63, 3.8) is 0 Å². The second kappa shape index (κ2) is 4.24. The zero-order valence-corrected chi connectivity index (χ0v) is 10.1. The van der Waals surface area contributed by atoms with E-state index in [2.05, 4.69) is 15.2 Å². The predicted octanol–water partition coefficient (Wildman–Crippen LogP) is 2.96. The highest BCUT2D eigenvalue weighted by Gasteiger charge is 2.07. The second-order valence-corrected chi connectivity index (χ2v) is 4.56. The molecule has 0 spiro atoms. The minimum atomic E-state index is 0.405. The number of rotatable bonds is 2. The number of halogens is 1. The first-order chi connectivity index (χ1) is 7.20. The van der Waals surface area contributed by atoms with Crippen molar-refractivity contribution in [1.29, 1.82) is 0 Å². The van der Waals surface area contributed by atoms with Crippen LogP contribution in [0.2, 0.25) is 0 Å². The maximum absolute atomic E-state index is 5.67. The fourth-order valence-corrected chi connectivity index (χ4v) is 2.04. The van der Waals surface area contributed by atoms with Crippen LogP contribution in [-0.4, -0.2) is 15.2 Å². The van der Waals surface area contributed by atoms with Gasteiger partial charge in [-0.05, 0) is 25.5 Å². The molecule has 0 saturated carbocycles. The summed E-state index contributed by atoms with van der Waals surface area (Å²) in [6, 6.07) is 4.00. The predicted molar refractivity (Wildman–Crippen MR) is 62.2 cm³/mol. The smallest absolute Gasteiger partial charge is 0.166 e. The molecule has 5 heteroatoms. The molecular weight excluding hydrogens is 230 g/mol. The van der Waals surface area contributed by atoms with Gasteiger partial charge in [0.2, 0.25) is 0 Å².